The van der Waals surface area contributed by atoms with Crippen molar-refractivity contribution in [1.82, 2.24) is 5.32 Å². The Morgan fingerprint density at radius 1 is 1.19 bits per heavy atom. The maximum atomic E-state index is 3.59. The van der Waals surface area contributed by atoms with E-state index in [1.54, 1.807) is 0 Å². The Labute approximate surface area is 129 Å². The Kier molecular flexibility index (Phi) is 4.84. The number of aryl methyl sites for hydroxylation is 1. The third-order valence-electron chi connectivity index (χ3n) is 5.30. The molecule has 2 nitrogen and oxygen atoms in total. The van der Waals surface area contributed by atoms with Crippen LogP contribution in [-0.2, 0) is 6.54 Å². The lowest BCUT2D eigenvalue weighted by Gasteiger charge is -2.34. The van der Waals surface area contributed by atoms with Crippen molar-refractivity contribution in [3.05, 3.63) is 29.3 Å². The van der Waals surface area contributed by atoms with Crippen LogP contribution in [0.15, 0.2) is 18.2 Å². The van der Waals surface area contributed by atoms with Crippen molar-refractivity contribution in [2.75, 3.05) is 18.0 Å². The van der Waals surface area contributed by atoms with Gasteiger partial charge in [-0.15, -0.1) is 0 Å². The Bertz CT molecular complexity index is 469. The summed E-state index contributed by atoms with van der Waals surface area (Å²) in [5.41, 5.74) is 4.37. The summed E-state index contributed by atoms with van der Waals surface area (Å²) in [6.07, 6.45) is 8.34. The van der Waals surface area contributed by atoms with Crippen molar-refractivity contribution in [2.45, 2.75) is 65.0 Å². The summed E-state index contributed by atoms with van der Waals surface area (Å²) in [5.74, 6) is 0.955. The van der Waals surface area contributed by atoms with Gasteiger partial charge in [-0.2, -0.15) is 0 Å². The van der Waals surface area contributed by atoms with Crippen molar-refractivity contribution >= 4 is 5.69 Å². The first-order chi connectivity index (χ1) is 10.3. The quantitative estimate of drug-likeness (QED) is 0.813. The molecule has 1 N–H and O–H groups in total. The molecule has 0 bridgehead atoms. The average Bonchev–Trinajstić information content (AvgIpc) is 2.92. The van der Waals surface area contributed by atoms with E-state index >= 15 is 0 Å². The number of hydrogen-bond donors (Lipinski definition) is 1. The molecule has 0 radical (unpaired) electrons. The Morgan fingerprint density at radius 3 is 2.90 bits per heavy atom. The van der Waals surface area contributed by atoms with Crippen LogP contribution in [0, 0.1) is 12.8 Å². The average molecular weight is 286 g/mol. The zero-order chi connectivity index (χ0) is 14.7. The molecule has 0 aromatic heterocycles. The monoisotopic (exact) mass is 286 g/mol. The molecule has 2 aliphatic rings. The van der Waals surface area contributed by atoms with E-state index in [-0.39, 0.29) is 0 Å². The van der Waals surface area contributed by atoms with E-state index < -0.39 is 0 Å². The standard InChI is InChI=1S/C19H30N2/c1-3-11-20-14-17-13-15(2)8-9-19(17)21-12-10-16-6-4-5-7-18(16)21/h8-9,13,16,18,20H,3-7,10-12,14H2,1-2H3. The van der Waals surface area contributed by atoms with Gasteiger partial charge in [0.2, 0.25) is 0 Å². The molecule has 1 aliphatic carbocycles. The SMILES string of the molecule is CCCNCc1cc(C)ccc1N1CCC2CCCCC21. The highest BCUT2D eigenvalue weighted by Crippen LogP contribution is 2.40. The summed E-state index contributed by atoms with van der Waals surface area (Å²) in [6.45, 7) is 7.83. The number of hydrogen-bond acceptors (Lipinski definition) is 2. The minimum atomic E-state index is 0.811. The number of benzene rings is 1. The second kappa shape index (κ2) is 6.83. The Balaban J connectivity index is 1.80. The van der Waals surface area contributed by atoms with E-state index in [0.29, 0.717) is 0 Å². The van der Waals surface area contributed by atoms with Gasteiger partial charge in [0.15, 0.2) is 0 Å². The third kappa shape index (κ3) is 3.26. The van der Waals surface area contributed by atoms with Crippen molar-refractivity contribution < 1.29 is 0 Å². The molecule has 2 unspecified atom stereocenters. The van der Waals surface area contributed by atoms with E-state index in [1.165, 1.54) is 61.9 Å². The van der Waals surface area contributed by atoms with Gasteiger partial charge in [0.25, 0.3) is 0 Å². The highest BCUT2D eigenvalue weighted by molar-refractivity contribution is 5.56. The first kappa shape index (κ1) is 14.9. The van der Waals surface area contributed by atoms with Crippen molar-refractivity contribution in [3.8, 4) is 0 Å². The van der Waals surface area contributed by atoms with Crippen molar-refractivity contribution in [1.29, 1.82) is 0 Å². The molecule has 1 heterocycles. The molecule has 0 amide bonds. The van der Waals surface area contributed by atoms with Crippen LogP contribution in [0.25, 0.3) is 0 Å². The lowest BCUT2D eigenvalue weighted by molar-refractivity contribution is 0.342. The molecule has 21 heavy (non-hydrogen) atoms. The maximum absolute atomic E-state index is 3.59. The predicted octanol–water partition coefficient (Wildman–Crippen LogP) is 4.26. The molecule has 1 saturated heterocycles. The second-order valence-electron chi connectivity index (χ2n) is 6.90. The highest BCUT2D eigenvalue weighted by Gasteiger charge is 2.36. The van der Waals surface area contributed by atoms with Crippen LogP contribution in [-0.4, -0.2) is 19.1 Å². The normalized spacial score (nSPS) is 25.1. The zero-order valence-corrected chi connectivity index (χ0v) is 13.7. The molecule has 1 aliphatic heterocycles. The van der Waals surface area contributed by atoms with E-state index in [1.807, 2.05) is 0 Å². The smallest absolute Gasteiger partial charge is 0.0414 e. The van der Waals surface area contributed by atoms with Gasteiger partial charge in [-0.1, -0.05) is 37.5 Å². The minimum Gasteiger partial charge on any atom is -0.368 e. The van der Waals surface area contributed by atoms with Crippen LogP contribution >= 0.6 is 0 Å². The Morgan fingerprint density at radius 2 is 2.05 bits per heavy atom. The molecule has 3 rings (SSSR count). The zero-order valence-electron chi connectivity index (χ0n) is 13.7. The molecular formula is C19H30N2. The molecule has 0 spiro atoms. The van der Waals surface area contributed by atoms with Gasteiger partial charge in [0.1, 0.15) is 0 Å². The lowest BCUT2D eigenvalue weighted by atomic mass is 9.85. The molecule has 2 heteroatoms. The molecule has 2 fully saturated rings. The number of rotatable bonds is 5. The predicted molar refractivity (Wildman–Crippen MR) is 90.9 cm³/mol. The third-order valence-corrected chi connectivity index (χ3v) is 5.30. The van der Waals surface area contributed by atoms with E-state index in [0.717, 1.165) is 25.0 Å². The van der Waals surface area contributed by atoms with Crippen LogP contribution in [0.1, 0.15) is 56.6 Å². The molecule has 1 aromatic rings. The van der Waals surface area contributed by atoms with Crippen molar-refractivity contribution in [2.24, 2.45) is 5.92 Å². The first-order valence-corrected chi connectivity index (χ1v) is 8.86. The van der Waals surface area contributed by atoms with Crippen molar-refractivity contribution in [3.63, 3.8) is 0 Å². The summed E-state index contributed by atoms with van der Waals surface area (Å²) in [5, 5.41) is 3.59. The molecule has 1 saturated carbocycles. The molecular weight excluding hydrogens is 256 g/mol. The second-order valence-corrected chi connectivity index (χ2v) is 6.90. The summed E-state index contributed by atoms with van der Waals surface area (Å²) in [4.78, 5) is 2.73. The fourth-order valence-corrected chi connectivity index (χ4v) is 4.24. The van der Waals surface area contributed by atoms with Crippen LogP contribution < -0.4 is 10.2 Å². The highest BCUT2D eigenvalue weighted by atomic mass is 15.2. The molecule has 1 aromatic carbocycles. The van der Waals surface area contributed by atoms with Gasteiger partial charge in [0, 0.05) is 24.8 Å². The van der Waals surface area contributed by atoms with Crippen LogP contribution in [0.3, 0.4) is 0 Å². The first-order valence-electron chi connectivity index (χ1n) is 8.86. The lowest BCUT2D eigenvalue weighted by Crippen LogP contribution is -2.35. The van der Waals surface area contributed by atoms with Gasteiger partial charge in [-0.25, -0.2) is 0 Å². The minimum absolute atomic E-state index is 0.811. The maximum Gasteiger partial charge on any atom is 0.0414 e. The fraction of sp³-hybridized carbons (Fsp3) is 0.684. The van der Waals surface area contributed by atoms with E-state index in [2.05, 4.69) is 42.3 Å². The molecule has 2 atom stereocenters. The summed E-state index contributed by atoms with van der Waals surface area (Å²) >= 11 is 0. The largest absolute Gasteiger partial charge is 0.368 e. The number of nitrogens with zero attached hydrogens (tertiary/aromatic N) is 1. The van der Waals surface area contributed by atoms with Gasteiger partial charge < -0.3 is 10.2 Å². The topological polar surface area (TPSA) is 15.3 Å². The molecule has 116 valence electrons. The van der Waals surface area contributed by atoms with Gasteiger partial charge in [0.05, 0.1) is 0 Å². The number of nitrogens with one attached hydrogen (secondary N) is 1. The Hall–Kier alpha value is -1.02. The van der Waals surface area contributed by atoms with Crippen LogP contribution in [0.4, 0.5) is 5.69 Å². The summed E-state index contributed by atoms with van der Waals surface area (Å²) in [6, 6.07) is 7.85. The van der Waals surface area contributed by atoms with Crippen LogP contribution in [0.5, 0.6) is 0 Å². The van der Waals surface area contributed by atoms with Crippen LogP contribution in [0.2, 0.25) is 0 Å². The summed E-state index contributed by atoms with van der Waals surface area (Å²) in [7, 11) is 0. The number of anilines is 1. The van der Waals surface area contributed by atoms with E-state index in [4.69, 9.17) is 0 Å². The van der Waals surface area contributed by atoms with Gasteiger partial charge in [-0.3, -0.25) is 0 Å². The fourth-order valence-electron chi connectivity index (χ4n) is 4.24. The van der Waals surface area contributed by atoms with Gasteiger partial charge in [-0.05, 0) is 56.7 Å². The van der Waals surface area contributed by atoms with E-state index in [9.17, 15) is 0 Å². The van der Waals surface area contributed by atoms with Gasteiger partial charge >= 0.3 is 0 Å². The number of fused-ring (bicyclic) bond motifs is 1. The summed E-state index contributed by atoms with van der Waals surface area (Å²) < 4.78 is 0.